The van der Waals surface area contributed by atoms with Gasteiger partial charge in [-0.1, -0.05) is 121 Å². The Bertz CT molecular complexity index is 3520. The molecule has 6 aliphatic rings. The van der Waals surface area contributed by atoms with Crippen molar-refractivity contribution in [2.45, 2.75) is 238 Å². The Hall–Kier alpha value is -6.42. The fourth-order valence-corrected chi connectivity index (χ4v) is 16.8. The second kappa shape index (κ2) is 62.7. The highest BCUT2D eigenvalue weighted by molar-refractivity contribution is 7.80. The summed E-state index contributed by atoms with van der Waals surface area (Å²) in [5.41, 5.74) is 8.62. The molecule has 1 saturated heterocycles. The zero-order chi connectivity index (χ0) is 89.4. The van der Waals surface area contributed by atoms with Crippen LogP contribution >= 0.6 is 12.2 Å². The number of aliphatic hydroxyl groups is 3. The molecule has 0 spiro atoms. The molecular formula is C94H144F3N3O20S. The third kappa shape index (κ3) is 37.0. The van der Waals surface area contributed by atoms with Gasteiger partial charge in [0, 0.05) is 181 Å². The number of nitrogens with two attached hydrogens (primary N) is 1. The summed E-state index contributed by atoms with van der Waals surface area (Å²) in [6.45, 7) is 12.9. The number of ether oxygens (including phenoxy) is 13. The lowest BCUT2D eigenvalue weighted by atomic mass is 9.59. The van der Waals surface area contributed by atoms with Crippen LogP contribution in [0.1, 0.15) is 188 Å². The molecule has 4 aliphatic carbocycles. The molecule has 0 amide bonds. The zero-order valence-electron chi connectivity index (χ0n) is 74.0. The predicted octanol–water partition coefficient (Wildman–Crippen LogP) is 16.5. The summed E-state index contributed by atoms with van der Waals surface area (Å²) in [5, 5.41) is 44.0. The Morgan fingerprint density at radius 3 is 1.56 bits per heavy atom. The number of hydrogen-bond donors (Lipinski definition) is 5. The predicted molar refractivity (Wildman–Crippen MR) is 471 cm³/mol. The van der Waals surface area contributed by atoms with E-state index in [0.717, 1.165) is 115 Å². The number of Topliss-reactive ketones (excluding diaryl/α,β-unsaturated/α-hetero) is 1. The summed E-state index contributed by atoms with van der Waals surface area (Å²) in [4.78, 5) is 28.1. The van der Waals surface area contributed by atoms with E-state index in [9.17, 15) is 38.1 Å². The van der Waals surface area contributed by atoms with E-state index >= 15 is 0 Å². The van der Waals surface area contributed by atoms with Gasteiger partial charge in [0.1, 0.15) is 30.3 Å². The van der Waals surface area contributed by atoms with Crippen molar-refractivity contribution in [3.05, 3.63) is 181 Å². The summed E-state index contributed by atoms with van der Waals surface area (Å²) in [6.07, 6.45) is 27.2. The zero-order valence-corrected chi connectivity index (χ0v) is 74.8. The van der Waals surface area contributed by atoms with E-state index in [1.54, 1.807) is 146 Å². The fourth-order valence-electron chi connectivity index (χ4n) is 16.4. The highest BCUT2D eigenvalue weighted by Crippen LogP contribution is 2.51. The molecule has 0 bridgehead atoms. The molecule has 5 fully saturated rings. The number of aliphatic hydroxyl groups excluding tert-OH is 3. The third-order valence-corrected chi connectivity index (χ3v) is 24.0. The molecule has 0 radical (unpaired) electrons. The number of benzene rings is 4. The first-order valence-corrected chi connectivity index (χ1v) is 42.5. The third-order valence-electron chi connectivity index (χ3n) is 23.7. The summed E-state index contributed by atoms with van der Waals surface area (Å²) in [5.74, 6) is -0.152. The molecule has 0 aromatic heterocycles. The SMILES string of the molecule is C=CCC(CCC(OC)OC)OC.C=CCC(CCC=NO)OC.C=CCC(O)CCC(OC)OC.COC(CCC=O)OC.COC1CCC2=NOCC2C1.COC1CC[C@@](CC(=S)CC(=O)c2ccccc2)(c2ccccc2F)[C@H](CO)C1.COC1CC[C@@](N)(c2ccccc2F)[C@H](CO)C1.COC1CC[C@]2(c3ccccc3F)COC[C@@H]2C1. The maximum Gasteiger partial charge on any atom is 0.167 e. The van der Waals surface area contributed by atoms with Gasteiger partial charge in [-0.05, 0) is 170 Å². The monoisotopic (exact) mass is 1720 g/mol. The van der Waals surface area contributed by atoms with Crippen molar-refractivity contribution in [3.63, 3.8) is 0 Å². The number of hydrogen-bond acceptors (Lipinski definition) is 24. The molecule has 4 saturated carbocycles. The van der Waals surface area contributed by atoms with Crippen LogP contribution in [0.5, 0.6) is 0 Å². The van der Waals surface area contributed by atoms with Crippen LogP contribution in [0.3, 0.4) is 0 Å². The highest BCUT2D eigenvalue weighted by Gasteiger charge is 2.51. The normalized spacial score (nSPS) is 23.9. The molecule has 10 rings (SSSR count). The van der Waals surface area contributed by atoms with Gasteiger partial charge in [0.05, 0.1) is 61.7 Å². The van der Waals surface area contributed by atoms with Crippen molar-refractivity contribution in [1.29, 1.82) is 0 Å². The molecule has 23 nitrogen and oxygen atoms in total. The van der Waals surface area contributed by atoms with Gasteiger partial charge in [0.25, 0.3) is 0 Å². The van der Waals surface area contributed by atoms with Crippen LogP contribution < -0.4 is 5.73 Å². The number of oxime groups is 2. The van der Waals surface area contributed by atoms with E-state index in [-0.39, 0.29) is 110 Å². The van der Waals surface area contributed by atoms with Crippen molar-refractivity contribution in [2.75, 3.05) is 118 Å². The number of rotatable bonds is 40. The minimum absolute atomic E-state index is 0.0339. The first-order chi connectivity index (χ1) is 58.5. The number of nitrogens with zero attached hydrogens (tertiary/aromatic N) is 2. The highest BCUT2D eigenvalue weighted by atomic mass is 32.1. The average Bonchev–Trinajstić information content (AvgIpc) is 1.68. The quantitative estimate of drug-likeness (QED) is 0.00404. The average molecular weight is 1730 g/mol. The first-order valence-electron chi connectivity index (χ1n) is 42.0. The number of thiocarbonyl (C=S) groups is 1. The van der Waals surface area contributed by atoms with Gasteiger partial charge in [-0.3, -0.25) is 4.79 Å². The van der Waals surface area contributed by atoms with E-state index in [0.29, 0.717) is 116 Å². The summed E-state index contributed by atoms with van der Waals surface area (Å²) < 4.78 is 110. The van der Waals surface area contributed by atoms with Crippen LogP contribution in [0.15, 0.2) is 151 Å². The van der Waals surface area contributed by atoms with Crippen LogP contribution in [0, 0.1) is 41.1 Å². The smallest absolute Gasteiger partial charge is 0.167 e. The lowest BCUT2D eigenvalue weighted by Crippen LogP contribution is -2.51. The van der Waals surface area contributed by atoms with Crippen molar-refractivity contribution in [2.24, 2.45) is 39.7 Å². The van der Waals surface area contributed by atoms with Gasteiger partial charge in [-0.2, -0.15) is 0 Å². The van der Waals surface area contributed by atoms with Crippen LogP contribution in [0.25, 0.3) is 0 Å². The number of aldehydes is 1. The molecule has 682 valence electrons. The molecule has 4 aromatic rings. The second-order valence-electron chi connectivity index (χ2n) is 31.0. The molecule has 4 aromatic carbocycles. The summed E-state index contributed by atoms with van der Waals surface area (Å²) >= 11 is 5.63. The van der Waals surface area contributed by atoms with Crippen molar-refractivity contribution in [3.8, 4) is 0 Å². The molecule has 6 N–H and O–H groups in total. The molecule has 2 aliphatic heterocycles. The first kappa shape index (κ1) is 109. The lowest BCUT2D eigenvalue weighted by molar-refractivity contribution is -0.118. The largest absolute Gasteiger partial charge is 0.411 e. The van der Waals surface area contributed by atoms with Crippen LogP contribution in [-0.4, -0.2) is 229 Å². The Balaban J connectivity index is 0.000000369. The number of methoxy groups -OCH3 is 12. The number of carbonyl (C=O) groups is 2. The van der Waals surface area contributed by atoms with Crippen molar-refractivity contribution < 1.29 is 110 Å². The standard InChI is InChI=1S/C24H27FO3S.C15H19FO2.C14H20FNO2.C10H20O3.C9H18O3.C8H13NO2.C8H15NO2.C6H12O3/c1-28-19-11-12-24(18(13-19)16-26,21-9-5-6-10-22(21)25)15-20(29)14-23(27)17-7-3-2-4-8-17;1-17-12-6-7-15(10-18-9-11(15)8-12)13-4-2-3-5-14(13)16;1-18-11-6-7-14(16,10(8-11)9-17)12-4-2-3-5-13(12)15;1-5-6-9(11-2)7-8-10(12-3)13-4;1-4-5-8(10)6-7-9(11-2)12-3;1-10-7-2-3-8-6(4-7)5-11-9-8;1-3-5-8(11-2)6-4-7-9-10;1-8-6(9-2)4-3-5-7/h2-10,18-19,26H,11-16H2,1H3;2-5,11-12H,6-10H2,1H3;2-5,10-11,17H,6-9,16H2,1H3;5,9-10H,1,6-8H2,2-4H3;4,8-10H,1,5-7H2,2-3H3;6-7H,2-5H2,1H3;3,7-8,10H,1,4-6H2,2H3;5-6H,3-4H2,1-2H3/t18-,19?,24-;11-,12?,15-;10-,11?,14-;;;;;/m000...../s1. The van der Waals surface area contributed by atoms with Crippen LogP contribution in [0.4, 0.5) is 13.2 Å². The van der Waals surface area contributed by atoms with E-state index < -0.39 is 11.0 Å². The Morgan fingerprint density at radius 2 is 1.05 bits per heavy atom. The molecule has 2 heterocycles. The topological polar surface area (TPSA) is 295 Å². The van der Waals surface area contributed by atoms with Crippen LogP contribution in [0.2, 0.25) is 0 Å². The maximum absolute atomic E-state index is 14.9. The van der Waals surface area contributed by atoms with Gasteiger partial charge >= 0.3 is 0 Å². The van der Waals surface area contributed by atoms with Gasteiger partial charge < -0.3 is 97.5 Å². The number of fused-ring (bicyclic) bond motifs is 2. The second-order valence-corrected chi connectivity index (χ2v) is 31.5. The minimum Gasteiger partial charge on any atom is -0.411 e. The Labute approximate surface area is 724 Å². The van der Waals surface area contributed by atoms with E-state index in [2.05, 4.69) is 30.0 Å². The molecule has 14 atom stereocenters. The van der Waals surface area contributed by atoms with Gasteiger partial charge in [-0.15, -0.1) is 24.9 Å². The molecule has 27 heteroatoms. The fraction of sp³-hybridized carbons (Fsp3) is 0.628. The Morgan fingerprint density at radius 1 is 0.570 bits per heavy atom. The lowest BCUT2D eigenvalue weighted by Gasteiger charge is -2.46. The molecule has 8 unspecified atom stereocenters. The molecular weight excluding hydrogens is 1580 g/mol. The minimum atomic E-state index is -0.797. The van der Waals surface area contributed by atoms with E-state index in [1.807, 2.05) is 48.6 Å². The number of ketones is 1. The van der Waals surface area contributed by atoms with Gasteiger partial charge in [0.2, 0.25) is 0 Å². The molecule has 121 heavy (non-hydrogen) atoms. The van der Waals surface area contributed by atoms with Crippen molar-refractivity contribution in [1.82, 2.24) is 0 Å². The number of carbonyl (C=O) groups excluding carboxylic acids is 2. The summed E-state index contributed by atoms with van der Waals surface area (Å²) in [6, 6.07) is 29.5. The van der Waals surface area contributed by atoms with Crippen molar-refractivity contribution >= 4 is 41.1 Å². The summed E-state index contributed by atoms with van der Waals surface area (Å²) in [7, 11) is 19.8. The number of halogens is 3. The van der Waals surface area contributed by atoms with Crippen LogP contribution in [-0.2, 0) is 87.6 Å². The maximum atomic E-state index is 14.9. The van der Waals surface area contributed by atoms with E-state index in [4.69, 9.17) is 89.6 Å². The van der Waals surface area contributed by atoms with Gasteiger partial charge in [0.15, 0.2) is 24.7 Å². The van der Waals surface area contributed by atoms with Gasteiger partial charge in [-0.25, -0.2) is 13.2 Å². The Kier molecular flexibility index (Phi) is 56.3. The van der Waals surface area contributed by atoms with E-state index in [1.165, 1.54) is 24.1 Å².